The van der Waals surface area contributed by atoms with E-state index in [4.69, 9.17) is 10.2 Å². The average molecular weight is 256 g/mol. The number of amides is 2. The van der Waals surface area contributed by atoms with E-state index in [1.165, 1.54) is 0 Å². The monoisotopic (exact) mass is 256 g/mol. The first-order valence-corrected chi connectivity index (χ1v) is 5.99. The highest BCUT2D eigenvalue weighted by Crippen LogP contribution is 2.37. The van der Waals surface area contributed by atoms with Gasteiger partial charge in [0.05, 0.1) is 6.42 Å². The molecule has 0 radical (unpaired) electrons. The summed E-state index contributed by atoms with van der Waals surface area (Å²) in [6.07, 6.45) is 2.44. The van der Waals surface area contributed by atoms with E-state index in [2.05, 4.69) is 5.32 Å². The molecule has 0 spiro atoms. The zero-order valence-corrected chi connectivity index (χ0v) is 9.83. The molecule has 2 unspecified atom stereocenters. The molecule has 2 rings (SSSR count). The van der Waals surface area contributed by atoms with E-state index >= 15 is 0 Å². The number of piperidine rings is 1. The first-order valence-electron chi connectivity index (χ1n) is 5.99. The van der Waals surface area contributed by atoms with Crippen LogP contribution in [0.2, 0.25) is 0 Å². The summed E-state index contributed by atoms with van der Waals surface area (Å²) in [7, 11) is 0. The zero-order valence-electron chi connectivity index (χ0n) is 9.83. The number of nitrogens with zero attached hydrogens (tertiary/aromatic N) is 1. The van der Waals surface area contributed by atoms with E-state index in [0.717, 1.165) is 19.3 Å². The zero-order chi connectivity index (χ0) is 13.3. The van der Waals surface area contributed by atoms with Crippen molar-refractivity contribution in [3.8, 4) is 0 Å². The van der Waals surface area contributed by atoms with E-state index in [-0.39, 0.29) is 6.04 Å². The van der Waals surface area contributed by atoms with Crippen LogP contribution in [0.1, 0.15) is 25.7 Å². The molecule has 3 atom stereocenters. The smallest absolute Gasteiger partial charge is 0.326 e. The fourth-order valence-electron chi connectivity index (χ4n) is 2.78. The highest BCUT2D eigenvalue weighted by atomic mass is 16.4. The van der Waals surface area contributed by atoms with Gasteiger partial charge in [-0.2, -0.15) is 0 Å². The number of hydrogen-bond acceptors (Lipinski definition) is 3. The summed E-state index contributed by atoms with van der Waals surface area (Å²) in [6, 6.07) is -1.64. The minimum atomic E-state index is -1.37. The van der Waals surface area contributed by atoms with E-state index in [0.29, 0.717) is 12.5 Å². The largest absolute Gasteiger partial charge is 0.481 e. The van der Waals surface area contributed by atoms with Gasteiger partial charge in [0, 0.05) is 12.6 Å². The third kappa shape index (κ3) is 2.55. The van der Waals surface area contributed by atoms with Crippen molar-refractivity contribution >= 4 is 18.0 Å². The Hall–Kier alpha value is -1.79. The molecule has 0 aromatic heterocycles. The van der Waals surface area contributed by atoms with Gasteiger partial charge in [0.2, 0.25) is 0 Å². The van der Waals surface area contributed by atoms with Crippen LogP contribution in [0.25, 0.3) is 0 Å². The Bertz CT molecular complexity index is 384. The number of aliphatic carboxylic acids is 2. The molecule has 2 amide bonds. The Morgan fingerprint density at radius 2 is 2.00 bits per heavy atom. The van der Waals surface area contributed by atoms with Crippen molar-refractivity contribution in [2.45, 2.75) is 37.8 Å². The standard InChI is InChI=1S/C11H16N2O5/c14-9(15)4-8(10(16)17)12-11(18)13-5-6-1-2-7(13)3-6/h6-8H,1-5H2,(H,12,18)(H,14,15)(H,16,17)/t6?,7?,8-/m0/s1. The van der Waals surface area contributed by atoms with E-state index < -0.39 is 30.4 Å². The number of urea groups is 1. The van der Waals surface area contributed by atoms with Gasteiger partial charge in [-0.15, -0.1) is 0 Å². The Balaban J connectivity index is 1.92. The van der Waals surface area contributed by atoms with Crippen molar-refractivity contribution < 1.29 is 24.6 Å². The van der Waals surface area contributed by atoms with Gasteiger partial charge < -0.3 is 20.4 Å². The van der Waals surface area contributed by atoms with Crippen LogP contribution in [0, 0.1) is 5.92 Å². The summed E-state index contributed by atoms with van der Waals surface area (Å²) in [5.41, 5.74) is 0. The lowest BCUT2D eigenvalue weighted by Gasteiger charge is -2.28. The van der Waals surface area contributed by atoms with Gasteiger partial charge in [-0.25, -0.2) is 9.59 Å². The van der Waals surface area contributed by atoms with Gasteiger partial charge in [-0.3, -0.25) is 4.79 Å². The quantitative estimate of drug-likeness (QED) is 0.661. The number of carbonyl (C=O) groups excluding carboxylic acids is 1. The summed E-state index contributed by atoms with van der Waals surface area (Å²) in [4.78, 5) is 34.9. The molecule has 2 bridgehead atoms. The third-order valence-electron chi connectivity index (χ3n) is 3.64. The first kappa shape index (κ1) is 12.7. The molecule has 0 aromatic carbocycles. The number of hydrogen-bond donors (Lipinski definition) is 3. The van der Waals surface area contributed by atoms with Crippen LogP contribution in [0.3, 0.4) is 0 Å². The van der Waals surface area contributed by atoms with Gasteiger partial charge in [-0.1, -0.05) is 0 Å². The minimum Gasteiger partial charge on any atom is -0.481 e. The summed E-state index contributed by atoms with van der Waals surface area (Å²) in [6.45, 7) is 0.649. The Kier molecular flexibility index (Phi) is 3.40. The Labute approximate surface area is 104 Å². The van der Waals surface area contributed by atoms with Crippen LogP contribution in [0.4, 0.5) is 4.79 Å². The molecule has 2 aliphatic rings. The molecule has 0 aromatic rings. The van der Waals surface area contributed by atoms with Crippen molar-refractivity contribution in [2.24, 2.45) is 5.92 Å². The SMILES string of the molecule is O=C(O)C[C@H](NC(=O)N1CC2CCC1C2)C(=O)O. The molecule has 1 saturated heterocycles. The van der Waals surface area contributed by atoms with Crippen molar-refractivity contribution in [1.29, 1.82) is 0 Å². The van der Waals surface area contributed by atoms with Crippen molar-refractivity contribution in [3.63, 3.8) is 0 Å². The summed E-state index contributed by atoms with van der Waals surface area (Å²) in [5.74, 6) is -2.05. The predicted octanol–water partition coefficient (Wildman–Crippen LogP) is 0.108. The minimum absolute atomic E-state index is 0.189. The van der Waals surface area contributed by atoms with Gasteiger partial charge in [0.25, 0.3) is 0 Å². The number of fused-ring (bicyclic) bond motifs is 2. The number of likely N-dealkylation sites (tertiary alicyclic amines) is 1. The maximum Gasteiger partial charge on any atom is 0.326 e. The van der Waals surface area contributed by atoms with Crippen LogP contribution in [0.5, 0.6) is 0 Å². The van der Waals surface area contributed by atoms with Crippen LogP contribution >= 0.6 is 0 Å². The fourth-order valence-corrected chi connectivity index (χ4v) is 2.78. The van der Waals surface area contributed by atoms with Gasteiger partial charge in [-0.05, 0) is 25.2 Å². The van der Waals surface area contributed by atoms with Crippen molar-refractivity contribution in [2.75, 3.05) is 6.54 Å². The normalized spacial score (nSPS) is 27.0. The number of nitrogens with one attached hydrogen (secondary N) is 1. The maximum atomic E-state index is 11.9. The topological polar surface area (TPSA) is 107 Å². The molecule has 1 aliphatic heterocycles. The Morgan fingerprint density at radius 1 is 1.28 bits per heavy atom. The van der Waals surface area contributed by atoms with Crippen molar-refractivity contribution in [3.05, 3.63) is 0 Å². The second kappa shape index (κ2) is 4.83. The van der Waals surface area contributed by atoms with E-state index in [1.807, 2.05) is 0 Å². The lowest BCUT2D eigenvalue weighted by atomic mass is 10.1. The molecule has 1 aliphatic carbocycles. The molecule has 3 N–H and O–H groups in total. The third-order valence-corrected chi connectivity index (χ3v) is 3.64. The van der Waals surface area contributed by atoms with Crippen LogP contribution < -0.4 is 5.32 Å². The average Bonchev–Trinajstić information content (AvgIpc) is 2.88. The molecule has 2 fully saturated rings. The first-order chi connectivity index (χ1) is 8.47. The summed E-state index contributed by atoms with van der Waals surface area (Å²) >= 11 is 0. The van der Waals surface area contributed by atoms with Crippen LogP contribution in [0.15, 0.2) is 0 Å². The lowest BCUT2D eigenvalue weighted by Crippen LogP contribution is -2.50. The molecule has 1 saturated carbocycles. The molecule has 7 heteroatoms. The van der Waals surface area contributed by atoms with E-state index in [1.54, 1.807) is 4.90 Å². The fraction of sp³-hybridized carbons (Fsp3) is 0.727. The Morgan fingerprint density at radius 3 is 2.44 bits per heavy atom. The van der Waals surface area contributed by atoms with Gasteiger partial charge >= 0.3 is 18.0 Å². The van der Waals surface area contributed by atoms with Crippen LogP contribution in [-0.2, 0) is 9.59 Å². The number of rotatable bonds is 4. The molecule has 18 heavy (non-hydrogen) atoms. The van der Waals surface area contributed by atoms with E-state index in [9.17, 15) is 14.4 Å². The van der Waals surface area contributed by atoms with Crippen molar-refractivity contribution in [1.82, 2.24) is 10.2 Å². The molecule has 1 heterocycles. The number of carboxylic acid groups (broad SMARTS) is 2. The predicted molar refractivity (Wildman–Crippen MR) is 60.0 cm³/mol. The number of carboxylic acids is 2. The summed E-state index contributed by atoms with van der Waals surface area (Å²) in [5, 5.41) is 19.7. The highest BCUT2D eigenvalue weighted by molar-refractivity contribution is 5.86. The lowest BCUT2D eigenvalue weighted by molar-refractivity contribution is -0.145. The second-order valence-electron chi connectivity index (χ2n) is 4.92. The van der Waals surface area contributed by atoms with Gasteiger partial charge in [0.15, 0.2) is 0 Å². The highest BCUT2D eigenvalue weighted by Gasteiger charge is 2.41. The molecular formula is C11H16N2O5. The molecule has 7 nitrogen and oxygen atoms in total. The summed E-state index contributed by atoms with van der Waals surface area (Å²) < 4.78 is 0. The van der Waals surface area contributed by atoms with Gasteiger partial charge in [0.1, 0.15) is 6.04 Å². The maximum absolute atomic E-state index is 11.9. The number of carbonyl (C=O) groups is 3. The molecule has 100 valence electrons. The molecular weight excluding hydrogens is 240 g/mol. The second-order valence-corrected chi connectivity index (χ2v) is 4.92. The van der Waals surface area contributed by atoms with Crippen LogP contribution in [-0.4, -0.2) is 51.7 Å².